The maximum absolute atomic E-state index is 13.5. The van der Waals surface area contributed by atoms with Crippen LogP contribution in [0.15, 0.2) is 62.9 Å². The molecule has 2 heterocycles. The van der Waals surface area contributed by atoms with E-state index >= 15 is 0 Å². The SMILES string of the molecule is COC(C)(C)n1c(=O)c(C#N)nn(-c2cc(Cl)c(Oc3cc(C(C)C)c(=O)n(C(C)(C)OC(=O)OCc4ccccc4)n3)c(Cl)c2)c1=O. The second-order valence-electron chi connectivity index (χ2n) is 11.7. The summed E-state index contributed by atoms with van der Waals surface area (Å²) in [5.41, 5.74) is -5.02. The largest absolute Gasteiger partial charge is 0.510 e. The summed E-state index contributed by atoms with van der Waals surface area (Å²) >= 11 is 13.1. The molecular weight excluding hydrogens is 667 g/mol. The fraction of sp³-hybridized carbons (Fsp3) is 0.344. The summed E-state index contributed by atoms with van der Waals surface area (Å²) in [4.78, 5) is 52.2. The molecule has 0 fully saturated rings. The number of carbonyl (C=O) groups is 1. The molecule has 48 heavy (non-hydrogen) atoms. The third-order valence-electron chi connectivity index (χ3n) is 7.14. The fourth-order valence-corrected chi connectivity index (χ4v) is 5.01. The standard InChI is InChI=1S/C32H32Cl2N6O8/c1-18(2)21-15-25(37-40(27(21)41)32(5,6)48-30(44)46-17-19-11-9-8-10-12-19)47-26-22(33)13-20(14-23(26)34)39-29(43)38(31(3,4)45-7)28(42)24(16-35)36-39/h8-15,18H,17H2,1-7H3. The lowest BCUT2D eigenvalue weighted by Crippen LogP contribution is -2.51. The summed E-state index contributed by atoms with van der Waals surface area (Å²) < 4.78 is 24.5. The van der Waals surface area contributed by atoms with Crippen molar-refractivity contribution in [1.82, 2.24) is 24.1 Å². The Bertz CT molecular complexity index is 2060. The van der Waals surface area contributed by atoms with Gasteiger partial charge in [0.05, 0.1) is 15.7 Å². The van der Waals surface area contributed by atoms with E-state index in [0.29, 0.717) is 0 Å². The highest BCUT2D eigenvalue weighted by atomic mass is 35.5. The number of halogens is 2. The van der Waals surface area contributed by atoms with Gasteiger partial charge in [0.1, 0.15) is 18.4 Å². The topological polar surface area (TPSA) is 170 Å². The van der Waals surface area contributed by atoms with Gasteiger partial charge in [-0.05, 0) is 51.3 Å². The van der Waals surface area contributed by atoms with Crippen LogP contribution in [0.1, 0.15) is 64.3 Å². The van der Waals surface area contributed by atoms with Crippen molar-refractivity contribution in [2.75, 3.05) is 7.11 Å². The molecule has 0 aliphatic carbocycles. The van der Waals surface area contributed by atoms with Crippen LogP contribution >= 0.6 is 23.2 Å². The van der Waals surface area contributed by atoms with Crippen LogP contribution < -0.4 is 21.5 Å². The van der Waals surface area contributed by atoms with Crippen LogP contribution in [-0.4, -0.2) is 37.4 Å². The van der Waals surface area contributed by atoms with Gasteiger partial charge in [-0.25, -0.2) is 14.2 Å². The van der Waals surface area contributed by atoms with E-state index in [2.05, 4.69) is 10.2 Å². The molecular formula is C32H32Cl2N6O8. The average Bonchev–Trinajstić information content (AvgIpc) is 3.02. The van der Waals surface area contributed by atoms with Crippen molar-refractivity contribution in [1.29, 1.82) is 5.26 Å². The van der Waals surface area contributed by atoms with Crippen molar-refractivity contribution in [3.05, 3.63) is 107 Å². The Labute approximate surface area is 284 Å². The maximum atomic E-state index is 13.5. The molecule has 0 aliphatic heterocycles. The van der Waals surface area contributed by atoms with Gasteiger partial charge in [0.15, 0.2) is 5.75 Å². The molecule has 16 heteroatoms. The maximum Gasteiger partial charge on any atom is 0.510 e. The van der Waals surface area contributed by atoms with E-state index in [-0.39, 0.29) is 45.5 Å². The van der Waals surface area contributed by atoms with Crippen molar-refractivity contribution in [2.45, 2.75) is 65.5 Å². The van der Waals surface area contributed by atoms with Gasteiger partial charge >= 0.3 is 11.8 Å². The predicted octanol–water partition coefficient (Wildman–Crippen LogP) is 5.43. The van der Waals surface area contributed by atoms with Crippen LogP contribution in [0, 0.1) is 11.3 Å². The minimum absolute atomic E-state index is 0.00357. The third-order valence-corrected chi connectivity index (χ3v) is 7.70. The molecule has 0 atom stereocenters. The van der Waals surface area contributed by atoms with Crippen molar-refractivity contribution < 1.29 is 23.7 Å². The lowest BCUT2D eigenvalue weighted by molar-refractivity contribution is -0.0730. The number of benzene rings is 2. The van der Waals surface area contributed by atoms with Crippen LogP contribution in [0.2, 0.25) is 10.0 Å². The first-order valence-electron chi connectivity index (χ1n) is 14.4. The number of nitrogens with zero attached hydrogens (tertiary/aromatic N) is 6. The summed E-state index contributed by atoms with van der Waals surface area (Å²) in [6.45, 7) is 9.37. The molecule has 2 aromatic carbocycles. The van der Waals surface area contributed by atoms with E-state index in [9.17, 15) is 24.4 Å². The summed E-state index contributed by atoms with van der Waals surface area (Å²) in [6, 6.07) is 14.6. The number of aromatic nitrogens is 5. The average molecular weight is 700 g/mol. The second kappa shape index (κ2) is 14.0. The Morgan fingerprint density at radius 2 is 1.58 bits per heavy atom. The van der Waals surface area contributed by atoms with E-state index in [1.807, 2.05) is 6.07 Å². The highest BCUT2D eigenvalue weighted by Crippen LogP contribution is 2.38. The second-order valence-corrected chi connectivity index (χ2v) is 12.5. The number of ether oxygens (including phenoxy) is 4. The molecule has 0 saturated carbocycles. The van der Waals surface area contributed by atoms with Gasteiger partial charge in [0.25, 0.3) is 11.1 Å². The lowest BCUT2D eigenvalue weighted by Gasteiger charge is -2.27. The van der Waals surface area contributed by atoms with E-state index in [4.69, 9.17) is 42.1 Å². The number of carbonyl (C=O) groups excluding carboxylic acids is 1. The van der Waals surface area contributed by atoms with Crippen molar-refractivity contribution in [3.63, 3.8) is 0 Å². The fourth-order valence-electron chi connectivity index (χ4n) is 4.46. The molecule has 4 rings (SSSR count). The summed E-state index contributed by atoms with van der Waals surface area (Å²) in [5.74, 6) is -0.529. The Morgan fingerprint density at radius 3 is 2.15 bits per heavy atom. The smallest absolute Gasteiger partial charge is 0.434 e. The van der Waals surface area contributed by atoms with Crippen LogP contribution in [0.25, 0.3) is 5.69 Å². The van der Waals surface area contributed by atoms with E-state index < -0.39 is 40.1 Å². The number of hydrogen-bond donors (Lipinski definition) is 0. The van der Waals surface area contributed by atoms with Crippen LogP contribution in [0.5, 0.6) is 11.6 Å². The normalized spacial score (nSPS) is 11.7. The Morgan fingerprint density at radius 1 is 0.958 bits per heavy atom. The van der Waals surface area contributed by atoms with Gasteiger partial charge in [-0.3, -0.25) is 9.59 Å². The summed E-state index contributed by atoms with van der Waals surface area (Å²) in [6.07, 6.45) is -1.03. The zero-order chi connectivity index (χ0) is 35.6. The minimum atomic E-state index is -1.63. The highest BCUT2D eigenvalue weighted by molar-refractivity contribution is 6.37. The number of methoxy groups -OCH3 is 1. The van der Waals surface area contributed by atoms with Gasteiger partial charge in [-0.2, -0.15) is 14.6 Å². The minimum Gasteiger partial charge on any atom is -0.434 e. The molecule has 0 saturated heterocycles. The number of nitriles is 1. The Hall–Kier alpha value is -4.97. The zero-order valence-electron chi connectivity index (χ0n) is 27.1. The van der Waals surface area contributed by atoms with Gasteiger partial charge in [0.2, 0.25) is 17.3 Å². The molecule has 0 amide bonds. The van der Waals surface area contributed by atoms with Crippen molar-refractivity contribution in [2.24, 2.45) is 0 Å². The van der Waals surface area contributed by atoms with Crippen molar-refractivity contribution >= 4 is 29.4 Å². The Balaban J connectivity index is 1.72. The van der Waals surface area contributed by atoms with Gasteiger partial charge in [-0.15, -0.1) is 10.2 Å². The quantitative estimate of drug-likeness (QED) is 0.194. The molecule has 14 nitrogen and oxygen atoms in total. The summed E-state index contributed by atoms with van der Waals surface area (Å²) in [5, 5.41) is 17.5. The van der Waals surface area contributed by atoms with E-state index in [1.165, 1.54) is 53.0 Å². The van der Waals surface area contributed by atoms with E-state index in [0.717, 1.165) is 19.5 Å². The molecule has 0 bridgehead atoms. The molecule has 2 aromatic heterocycles. The van der Waals surface area contributed by atoms with Crippen LogP contribution in [0.4, 0.5) is 4.79 Å². The number of rotatable bonds is 10. The van der Waals surface area contributed by atoms with Crippen LogP contribution in [0.3, 0.4) is 0 Å². The lowest BCUT2D eigenvalue weighted by atomic mass is 10.1. The third kappa shape index (κ3) is 7.44. The zero-order valence-corrected chi connectivity index (χ0v) is 28.6. The molecule has 252 valence electrons. The molecule has 0 aliphatic rings. The first-order valence-corrected chi connectivity index (χ1v) is 15.2. The predicted molar refractivity (Wildman–Crippen MR) is 175 cm³/mol. The monoisotopic (exact) mass is 698 g/mol. The highest BCUT2D eigenvalue weighted by Gasteiger charge is 2.32. The van der Waals surface area contributed by atoms with Gasteiger partial charge in [0, 0.05) is 18.7 Å². The van der Waals surface area contributed by atoms with Gasteiger partial charge < -0.3 is 18.9 Å². The van der Waals surface area contributed by atoms with Crippen LogP contribution in [-0.2, 0) is 32.3 Å². The van der Waals surface area contributed by atoms with E-state index in [1.54, 1.807) is 44.2 Å². The first kappa shape index (κ1) is 35.9. The Kier molecular flexibility index (Phi) is 10.5. The first-order chi connectivity index (χ1) is 22.5. The molecule has 0 unspecified atom stereocenters. The van der Waals surface area contributed by atoms with Gasteiger partial charge in [-0.1, -0.05) is 67.4 Å². The number of hydrogen-bond acceptors (Lipinski definition) is 11. The molecule has 0 N–H and O–H groups in total. The molecule has 0 spiro atoms. The molecule has 4 aromatic rings. The molecule has 0 radical (unpaired) electrons. The van der Waals surface area contributed by atoms with Crippen molar-refractivity contribution in [3.8, 4) is 23.4 Å². The summed E-state index contributed by atoms with van der Waals surface area (Å²) in [7, 11) is 1.30.